The number of rotatable bonds is 12. The average Bonchev–Trinajstić information content (AvgIpc) is 3.65. The van der Waals surface area contributed by atoms with Crippen LogP contribution in [0, 0.1) is 9.54 Å². The van der Waals surface area contributed by atoms with Gasteiger partial charge in [-0.05, 0) is 73.0 Å². The molecule has 0 unspecified atom stereocenters. The molecule has 14 heteroatoms. The molecular weight excluding hydrogens is 609 g/mol. The third-order valence-electron chi connectivity index (χ3n) is 6.41. The van der Waals surface area contributed by atoms with Crippen molar-refractivity contribution in [3.63, 3.8) is 0 Å². The molecule has 2 aromatic carbocycles. The van der Waals surface area contributed by atoms with Gasteiger partial charge < -0.3 is 9.47 Å². The summed E-state index contributed by atoms with van der Waals surface area (Å²) in [7, 11) is 0. The molecule has 0 atom stereocenters. The molecule has 0 amide bonds. The molecule has 0 bridgehead atoms. The van der Waals surface area contributed by atoms with Crippen LogP contribution in [0.5, 0.6) is 11.5 Å². The second-order valence-electron chi connectivity index (χ2n) is 9.43. The molecule has 0 aliphatic carbocycles. The molecule has 0 aliphatic heterocycles. The molecule has 0 fully saturated rings. The van der Waals surface area contributed by atoms with Crippen LogP contribution in [-0.4, -0.2) is 65.4 Å². The maximum atomic E-state index is 6.09. The Morgan fingerprint density at radius 1 is 0.644 bits per heavy atom. The first-order valence-corrected chi connectivity index (χ1v) is 14.7. The SMILES string of the molecule is S=c1[nH]nc(-c2cccnc2)n1/N=C/c1ccccc1OCCCOc1ccccc1/C=N/n1c(-c2cccnc2)n[nH]c1=S. The molecule has 0 spiro atoms. The number of nitrogens with zero attached hydrogens (tertiary/aromatic N) is 8. The molecular formula is C31H26N10O2S2. The van der Waals surface area contributed by atoms with Gasteiger partial charge in [0.15, 0.2) is 11.6 Å². The number of H-pyrrole nitrogens is 2. The maximum absolute atomic E-state index is 6.09. The van der Waals surface area contributed by atoms with Gasteiger partial charge in [-0.3, -0.25) is 9.97 Å². The van der Waals surface area contributed by atoms with Crippen LogP contribution in [0.15, 0.2) is 108 Å². The number of para-hydroxylation sites is 2. The van der Waals surface area contributed by atoms with E-state index in [0.717, 1.165) is 22.3 Å². The van der Waals surface area contributed by atoms with Crippen molar-refractivity contribution < 1.29 is 9.47 Å². The van der Waals surface area contributed by atoms with E-state index in [1.165, 1.54) is 0 Å². The maximum Gasteiger partial charge on any atom is 0.216 e. The van der Waals surface area contributed by atoms with Crippen molar-refractivity contribution in [1.29, 1.82) is 0 Å². The highest BCUT2D eigenvalue weighted by molar-refractivity contribution is 7.71. The van der Waals surface area contributed by atoms with Gasteiger partial charge in [0.25, 0.3) is 0 Å². The first-order chi connectivity index (χ1) is 22.2. The average molecular weight is 635 g/mol. The van der Waals surface area contributed by atoms with E-state index in [2.05, 4.69) is 40.6 Å². The van der Waals surface area contributed by atoms with E-state index in [0.29, 0.717) is 52.3 Å². The summed E-state index contributed by atoms with van der Waals surface area (Å²) in [5, 5.41) is 23.3. The number of benzene rings is 2. The summed E-state index contributed by atoms with van der Waals surface area (Å²) < 4.78 is 16.0. The number of pyridine rings is 2. The Balaban J connectivity index is 1.07. The van der Waals surface area contributed by atoms with Crippen LogP contribution < -0.4 is 9.47 Å². The summed E-state index contributed by atoms with van der Waals surface area (Å²) in [6, 6.07) is 22.7. The Bertz CT molecular complexity index is 1900. The number of nitrogens with one attached hydrogen (secondary N) is 2. The van der Waals surface area contributed by atoms with Crippen LogP contribution in [0.25, 0.3) is 22.8 Å². The summed E-state index contributed by atoms with van der Waals surface area (Å²) in [4.78, 5) is 8.31. The van der Waals surface area contributed by atoms with Crippen molar-refractivity contribution in [3.05, 3.63) is 118 Å². The second kappa shape index (κ2) is 14.2. The smallest absolute Gasteiger partial charge is 0.216 e. The molecule has 4 aromatic heterocycles. The van der Waals surface area contributed by atoms with E-state index >= 15 is 0 Å². The zero-order valence-electron chi connectivity index (χ0n) is 23.7. The highest BCUT2D eigenvalue weighted by Gasteiger charge is 2.10. The van der Waals surface area contributed by atoms with Crippen LogP contribution >= 0.6 is 24.4 Å². The second-order valence-corrected chi connectivity index (χ2v) is 10.2. The number of hydrogen-bond acceptors (Lipinski definition) is 10. The standard InChI is InChI=1S/C31H26N10O2S2/c44-30-38-36-28(24-10-5-14-32-18-24)40(30)34-20-22-8-1-3-12-26(22)42-16-7-17-43-27-13-4-2-9-23(27)21-35-41-29(37-39-31(41)45)25-11-6-15-33-19-25/h1-6,8-15,18-21H,7,16-17H2,(H,38,44)(H,39,45)/b34-20+,35-21+. The van der Waals surface area contributed by atoms with Gasteiger partial charge >= 0.3 is 0 Å². The highest BCUT2D eigenvalue weighted by Crippen LogP contribution is 2.20. The molecule has 0 radical (unpaired) electrons. The minimum Gasteiger partial charge on any atom is -0.493 e. The number of ether oxygens (including phenoxy) is 2. The van der Waals surface area contributed by atoms with Crippen LogP contribution in [-0.2, 0) is 0 Å². The Morgan fingerprint density at radius 3 is 1.56 bits per heavy atom. The summed E-state index contributed by atoms with van der Waals surface area (Å²) in [6.45, 7) is 0.873. The number of aromatic nitrogens is 8. The van der Waals surface area contributed by atoms with E-state index in [1.807, 2.05) is 72.8 Å². The van der Waals surface area contributed by atoms with Gasteiger partial charge in [-0.15, -0.1) is 0 Å². The Morgan fingerprint density at radius 2 is 1.11 bits per heavy atom. The van der Waals surface area contributed by atoms with Crippen LogP contribution in [0.3, 0.4) is 0 Å². The van der Waals surface area contributed by atoms with E-state index in [4.69, 9.17) is 33.9 Å². The first kappa shape index (κ1) is 29.5. The predicted molar refractivity (Wildman–Crippen MR) is 176 cm³/mol. The van der Waals surface area contributed by atoms with Gasteiger partial charge in [0.1, 0.15) is 11.5 Å². The van der Waals surface area contributed by atoms with E-state index in [-0.39, 0.29) is 0 Å². The van der Waals surface area contributed by atoms with Crippen molar-refractivity contribution in [2.45, 2.75) is 6.42 Å². The lowest BCUT2D eigenvalue weighted by atomic mass is 10.2. The van der Waals surface area contributed by atoms with E-state index in [1.54, 1.807) is 46.6 Å². The molecule has 0 saturated carbocycles. The van der Waals surface area contributed by atoms with Gasteiger partial charge in [-0.25, -0.2) is 10.2 Å². The van der Waals surface area contributed by atoms with Crippen LogP contribution in [0.1, 0.15) is 17.5 Å². The van der Waals surface area contributed by atoms with Crippen molar-refractivity contribution in [2.24, 2.45) is 10.2 Å². The van der Waals surface area contributed by atoms with Crippen LogP contribution in [0.2, 0.25) is 0 Å². The van der Waals surface area contributed by atoms with Crippen molar-refractivity contribution in [2.75, 3.05) is 13.2 Å². The fourth-order valence-corrected chi connectivity index (χ4v) is 4.62. The summed E-state index contributed by atoms with van der Waals surface area (Å²) >= 11 is 10.8. The minimum atomic E-state index is 0.368. The predicted octanol–water partition coefficient (Wildman–Crippen LogP) is 5.93. The molecule has 12 nitrogen and oxygen atoms in total. The topological polar surface area (TPSA) is 136 Å². The molecule has 4 heterocycles. The third-order valence-corrected chi connectivity index (χ3v) is 6.94. The molecule has 0 aliphatic rings. The minimum absolute atomic E-state index is 0.368. The molecule has 224 valence electrons. The fraction of sp³-hybridized carbons (Fsp3) is 0.0968. The lowest BCUT2D eigenvalue weighted by molar-refractivity contribution is 0.247. The van der Waals surface area contributed by atoms with Crippen molar-refractivity contribution in [3.8, 4) is 34.3 Å². The zero-order valence-corrected chi connectivity index (χ0v) is 25.4. The zero-order chi connectivity index (χ0) is 30.8. The van der Waals surface area contributed by atoms with Gasteiger partial charge in [0.2, 0.25) is 9.54 Å². The third kappa shape index (κ3) is 7.14. The highest BCUT2D eigenvalue weighted by atomic mass is 32.1. The summed E-state index contributed by atoms with van der Waals surface area (Å²) in [5.41, 5.74) is 3.17. The number of aromatic amines is 2. The number of hydrogen-bond donors (Lipinski definition) is 2. The normalized spacial score (nSPS) is 11.4. The Kier molecular flexibility index (Phi) is 9.33. The first-order valence-electron chi connectivity index (χ1n) is 13.9. The summed E-state index contributed by atoms with van der Waals surface area (Å²) in [6.07, 6.45) is 10.8. The molecule has 45 heavy (non-hydrogen) atoms. The van der Waals surface area contributed by atoms with Gasteiger partial charge in [-0.2, -0.15) is 29.8 Å². The van der Waals surface area contributed by atoms with E-state index in [9.17, 15) is 0 Å². The van der Waals surface area contributed by atoms with Crippen molar-refractivity contribution >= 4 is 36.9 Å². The lowest BCUT2D eigenvalue weighted by Crippen LogP contribution is -2.07. The monoisotopic (exact) mass is 634 g/mol. The van der Waals surface area contributed by atoms with Gasteiger partial charge in [0, 0.05) is 53.5 Å². The van der Waals surface area contributed by atoms with E-state index < -0.39 is 0 Å². The molecule has 0 saturated heterocycles. The van der Waals surface area contributed by atoms with Crippen molar-refractivity contribution in [1.82, 2.24) is 39.7 Å². The molecule has 6 aromatic rings. The quantitative estimate of drug-likeness (QED) is 0.0961. The Hall–Kier alpha value is -5.60. The summed E-state index contributed by atoms with van der Waals surface area (Å²) in [5.74, 6) is 2.50. The lowest BCUT2D eigenvalue weighted by Gasteiger charge is -2.11. The molecule has 2 N–H and O–H groups in total. The fourth-order valence-electron chi connectivity index (χ4n) is 4.26. The van der Waals surface area contributed by atoms with Crippen LogP contribution in [0.4, 0.5) is 0 Å². The largest absolute Gasteiger partial charge is 0.493 e. The molecule has 6 rings (SSSR count). The Labute approximate surface area is 267 Å². The van der Waals surface area contributed by atoms with Gasteiger partial charge in [-0.1, -0.05) is 24.3 Å². The van der Waals surface area contributed by atoms with Gasteiger partial charge in [0.05, 0.1) is 25.6 Å².